The van der Waals surface area contributed by atoms with Crippen molar-refractivity contribution in [3.8, 4) is 0 Å². The minimum atomic E-state index is -4.98. The molecule has 0 aliphatic heterocycles. The number of phosphoric acid groups is 2. The Kier molecular flexibility index (Phi) is 68.9. The Morgan fingerprint density at radius 1 is 0.286 bits per heavy atom. The van der Waals surface area contributed by atoms with Crippen molar-refractivity contribution in [1.82, 2.24) is 0 Å². The quantitative estimate of drug-likeness (QED) is 0.0169. The molecule has 0 radical (unpaired) electrons. The van der Waals surface area contributed by atoms with E-state index in [1.807, 2.05) is 0 Å². The maximum Gasteiger partial charge on any atom is 0.472 e. The summed E-state index contributed by atoms with van der Waals surface area (Å²) >= 11 is 0. The van der Waals surface area contributed by atoms with Crippen LogP contribution in [0.2, 0.25) is 0 Å². The molecule has 0 aliphatic rings. The predicted molar refractivity (Wildman–Crippen MR) is 399 cm³/mol. The molecule has 0 spiro atoms. The smallest absolute Gasteiger partial charge is 0.462 e. The molecule has 0 aromatic carbocycles. The van der Waals surface area contributed by atoms with Gasteiger partial charge in [-0.15, -0.1) is 0 Å². The molecule has 568 valence electrons. The molecule has 0 aromatic rings. The molecule has 0 heterocycles. The van der Waals surface area contributed by atoms with Crippen LogP contribution < -0.4 is 0 Å². The first-order chi connectivity index (χ1) is 47.7. The molecular weight excluding hydrogens is 1280 g/mol. The molecule has 19 heteroatoms. The molecule has 3 N–H and O–H groups in total. The third kappa shape index (κ3) is 70.7. The van der Waals surface area contributed by atoms with Gasteiger partial charge < -0.3 is 33.8 Å². The first-order valence-corrected chi connectivity index (χ1v) is 41.8. The van der Waals surface area contributed by atoms with Gasteiger partial charge in [-0.2, -0.15) is 0 Å². The van der Waals surface area contributed by atoms with Gasteiger partial charge in [0.1, 0.15) is 19.3 Å². The standard InChI is InChI=1S/C79H140O17P2/c1-5-9-13-17-21-25-29-32-34-35-36-37-39-42-45-48-52-56-60-64-77(82)89-69-74(95-78(83)65-61-57-53-49-43-28-24-20-16-12-8-4)71-93-97(85,86)91-67-73(80)68-92-98(87,88)94-72-75(96-79(84)66-62-58-54-50-46-40-31-27-23-19-15-11-7-3)70-90-76(81)63-59-55-51-47-44-41-38-33-30-26-22-18-14-10-6-2/h20-22,24-27,31-34,36-38,73-75,80H,5-19,23,28-30,35,39-72H2,1-4H3,(H,85,86)(H,87,88)/b24-20-,25-21-,26-22-,31-27-,34-32-,37-36-,38-33-. The van der Waals surface area contributed by atoms with E-state index in [0.717, 1.165) is 180 Å². The Bertz CT molecular complexity index is 2190. The summed E-state index contributed by atoms with van der Waals surface area (Å²) in [7, 11) is -9.95. The largest absolute Gasteiger partial charge is 0.472 e. The fourth-order valence-corrected chi connectivity index (χ4v) is 11.9. The van der Waals surface area contributed by atoms with Crippen LogP contribution in [0.1, 0.15) is 336 Å². The maximum atomic E-state index is 13.1. The van der Waals surface area contributed by atoms with E-state index in [-0.39, 0.29) is 25.7 Å². The van der Waals surface area contributed by atoms with Crippen molar-refractivity contribution in [3.05, 3.63) is 85.1 Å². The van der Waals surface area contributed by atoms with E-state index in [2.05, 4.69) is 113 Å². The van der Waals surface area contributed by atoms with Gasteiger partial charge in [-0.3, -0.25) is 37.3 Å². The van der Waals surface area contributed by atoms with Gasteiger partial charge in [0, 0.05) is 25.7 Å². The van der Waals surface area contributed by atoms with Crippen molar-refractivity contribution < 1.29 is 80.2 Å². The number of aliphatic hydroxyl groups is 1. The summed E-state index contributed by atoms with van der Waals surface area (Å²) in [6.45, 7) is 4.74. The Morgan fingerprint density at radius 3 is 0.827 bits per heavy atom. The highest BCUT2D eigenvalue weighted by atomic mass is 31.2. The average Bonchev–Trinajstić information content (AvgIpc) is 0.974. The number of hydrogen-bond donors (Lipinski definition) is 3. The fraction of sp³-hybridized carbons (Fsp3) is 0.772. The molecule has 0 aromatic heterocycles. The number of hydrogen-bond acceptors (Lipinski definition) is 15. The van der Waals surface area contributed by atoms with Crippen molar-refractivity contribution in [3.63, 3.8) is 0 Å². The summed E-state index contributed by atoms with van der Waals surface area (Å²) in [6, 6.07) is 0. The van der Waals surface area contributed by atoms with Gasteiger partial charge in [0.05, 0.1) is 26.4 Å². The molecule has 0 amide bonds. The van der Waals surface area contributed by atoms with Gasteiger partial charge in [-0.25, -0.2) is 9.13 Å². The van der Waals surface area contributed by atoms with Crippen molar-refractivity contribution in [1.29, 1.82) is 0 Å². The number of unbranched alkanes of at least 4 members (excludes halogenated alkanes) is 33. The van der Waals surface area contributed by atoms with Gasteiger partial charge in [-0.1, -0.05) is 254 Å². The van der Waals surface area contributed by atoms with Crippen molar-refractivity contribution >= 4 is 39.5 Å². The highest BCUT2D eigenvalue weighted by molar-refractivity contribution is 7.47. The predicted octanol–water partition coefficient (Wildman–Crippen LogP) is 22.2. The minimum Gasteiger partial charge on any atom is -0.462 e. The topological polar surface area (TPSA) is 237 Å². The number of esters is 4. The fourth-order valence-electron chi connectivity index (χ4n) is 10.3. The zero-order valence-corrected chi connectivity index (χ0v) is 63.7. The van der Waals surface area contributed by atoms with Crippen LogP contribution in [-0.4, -0.2) is 96.7 Å². The Balaban J connectivity index is 5.31. The summed E-state index contributed by atoms with van der Waals surface area (Å²) < 4.78 is 68.4. The lowest BCUT2D eigenvalue weighted by atomic mass is 10.1. The highest BCUT2D eigenvalue weighted by Gasteiger charge is 2.30. The minimum absolute atomic E-state index is 0.0822. The zero-order chi connectivity index (χ0) is 71.8. The van der Waals surface area contributed by atoms with Crippen LogP contribution in [0, 0.1) is 0 Å². The summed E-state index contributed by atoms with van der Waals surface area (Å²) in [5.41, 5.74) is 0. The maximum absolute atomic E-state index is 13.1. The van der Waals surface area contributed by atoms with E-state index >= 15 is 0 Å². The second-order valence-corrected chi connectivity index (χ2v) is 28.8. The molecule has 0 saturated heterocycles. The van der Waals surface area contributed by atoms with E-state index in [0.29, 0.717) is 25.7 Å². The Hall–Kier alpha value is -3.76. The highest BCUT2D eigenvalue weighted by Crippen LogP contribution is 2.45. The molecule has 17 nitrogen and oxygen atoms in total. The molecular formula is C79H140O17P2. The van der Waals surface area contributed by atoms with Crippen LogP contribution in [0.3, 0.4) is 0 Å². The van der Waals surface area contributed by atoms with Crippen LogP contribution in [0.4, 0.5) is 0 Å². The Morgan fingerprint density at radius 2 is 0.510 bits per heavy atom. The summed E-state index contributed by atoms with van der Waals surface area (Å²) in [5.74, 6) is -2.21. The SMILES string of the molecule is CCCC/C=C\CCCCCCCC(=O)OC(COC(=O)CCCCCCCC/C=C\C/C=C\C/C=C\CCCCC)COP(=O)(O)OCC(O)COP(=O)(O)OCC(COC(=O)CCCCCCC/C=C\C/C=C\CCCCC)OC(=O)CCCCCCC/C=C\CCCCCC. The van der Waals surface area contributed by atoms with Gasteiger partial charge in [-0.05, 0) is 141 Å². The van der Waals surface area contributed by atoms with Crippen LogP contribution in [0.25, 0.3) is 0 Å². The lowest BCUT2D eigenvalue weighted by Gasteiger charge is -2.21. The first kappa shape index (κ1) is 94.2. The third-order valence-electron chi connectivity index (χ3n) is 16.3. The van der Waals surface area contributed by atoms with Crippen LogP contribution >= 0.6 is 15.6 Å². The van der Waals surface area contributed by atoms with E-state index < -0.39 is 97.5 Å². The molecule has 98 heavy (non-hydrogen) atoms. The number of carbonyl (C=O) groups is 4. The zero-order valence-electron chi connectivity index (χ0n) is 62.0. The van der Waals surface area contributed by atoms with Crippen LogP contribution in [-0.2, 0) is 65.4 Å². The molecule has 0 saturated carbocycles. The number of carbonyl (C=O) groups excluding carboxylic acids is 4. The number of phosphoric ester groups is 2. The van der Waals surface area contributed by atoms with Crippen molar-refractivity contribution in [2.45, 2.75) is 354 Å². The van der Waals surface area contributed by atoms with E-state index in [1.165, 1.54) is 77.0 Å². The summed E-state index contributed by atoms with van der Waals surface area (Å²) in [5, 5.41) is 10.6. The molecule has 0 fully saturated rings. The van der Waals surface area contributed by atoms with Gasteiger partial charge in [0.2, 0.25) is 0 Å². The van der Waals surface area contributed by atoms with Crippen LogP contribution in [0.15, 0.2) is 85.1 Å². The first-order valence-electron chi connectivity index (χ1n) is 38.8. The monoisotopic (exact) mass is 1420 g/mol. The summed E-state index contributed by atoms with van der Waals surface area (Å²) in [4.78, 5) is 72.8. The lowest BCUT2D eigenvalue weighted by Crippen LogP contribution is -2.30. The average molecular weight is 1420 g/mol. The molecule has 0 rings (SSSR count). The van der Waals surface area contributed by atoms with Crippen LogP contribution in [0.5, 0.6) is 0 Å². The van der Waals surface area contributed by atoms with E-state index in [4.69, 9.17) is 37.0 Å². The molecule has 5 unspecified atom stereocenters. The number of ether oxygens (including phenoxy) is 4. The number of allylic oxidation sites excluding steroid dienone is 14. The van der Waals surface area contributed by atoms with Gasteiger partial charge >= 0.3 is 39.5 Å². The van der Waals surface area contributed by atoms with E-state index in [9.17, 15) is 43.2 Å². The third-order valence-corrected chi connectivity index (χ3v) is 18.2. The normalized spacial score (nSPS) is 14.4. The van der Waals surface area contributed by atoms with Gasteiger partial charge in [0.25, 0.3) is 0 Å². The van der Waals surface area contributed by atoms with E-state index in [1.54, 1.807) is 0 Å². The van der Waals surface area contributed by atoms with Crippen molar-refractivity contribution in [2.75, 3.05) is 39.6 Å². The lowest BCUT2D eigenvalue weighted by molar-refractivity contribution is -0.161. The molecule has 5 atom stereocenters. The van der Waals surface area contributed by atoms with Gasteiger partial charge in [0.15, 0.2) is 12.2 Å². The second kappa shape index (κ2) is 71.6. The second-order valence-electron chi connectivity index (χ2n) is 25.9. The summed E-state index contributed by atoms with van der Waals surface area (Å²) in [6.07, 6.45) is 72.8. The Labute approximate surface area is 595 Å². The number of rotatable bonds is 73. The van der Waals surface area contributed by atoms with Crippen molar-refractivity contribution in [2.24, 2.45) is 0 Å². The number of aliphatic hydroxyl groups excluding tert-OH is 1. The molecule has 0 aliphatic carbocycles. The molecule has 0 bridgehead atoms.